The molecule has 0 bridgehead atoms. The van der Waals surface area contributed by atoms with Crippen LogP contribution in [0.4, 0.5) is 5.69 Å². The van der Waals surface area contributed by atoms with Gasteiger partial charge in [-0.25, -0.2) is 0 Å². The van der Waals surface area contributed by atoms with Gasteiger partial charge in [0.05, 0.1) is 0 Å². The molecule has 3 rings (SSSR count). The largest absolute Gasteiger partial charge is 0.324 e. The van der Waals surface area contributed by atoms with E-state index in [-0.39, 0.29) is 0 Å². The van der Waals surface area contributed by atoms with E-state index in [0.29, 0.717) is 0 Å². The SMILES string of the molecule is C=CN(C=Cc1ccccc1)c1ccc(C)c(-c2ccc(C)cc2)c1. The summed E-state index contributed by atoms with van der Waals surface area (Å²) in [6.07, 6.45) is 5.97. The summed E-state index contributed by atoms with van der Waals surface area (Å²) < 4.78 is 0. The summed E-state index contributed by atoms with van der Waals surface area (Å²) in [6.45, 7) is 8.22. The van der Waals surface area contributed by atoms with Gasteiger partial charge in [-0.3, -0.25) is 0 Å². The van der Waals surface area contributed by atoms with E-state index in [1.807, 2.05) is 35.5 Å². The molecule has 0 atom stereocenters. The van der Waals surface area contributed by atoms with Crippen molar-refractivity contribution in [2.45, 2.75) is 13.8 Å². The number of nitrogens with zero attached hydrogens (tertiary/aromatic N) is 1. The van der Waals surface area contributed by atoms with Crippen LogP contribution >= 0.6 is 0 Å². The van der Waals surface area contributed by atoms with E-state index in [1.165, 1.54) is 27.8 Å². The zero-order chi connectivity index (χ0) is 17.6. The van der Waals surface area contributed by atoms with Gasteiger partial charge in [0.15, 0.2) is 0 Å². The molecule has 0 radical (unpaired) electrons. The molecule has 0 amide bonds. The molecule has 0 saturated carbocycles. The Kier molecular flexibility index (Phi) is 5.15. The number of hydrogen-bond acceptors (Lipinski definition) is 1. The molecule has 0 fully saturated rings. The highest BCUT2D eigenvalue weighted by Gasteiger charge is 2.06. The Bertz CT molecular complexity index is 874. The van der Waals surface area contributed by atoms with Crippen LogP contribution in [0.25, 0.3) is 17.2 Å². The second kappa shape index (κ2) is 7.67. The van der Waals surface area contributed by atoms with E-state index in [0.717, 1.165) is 5.69 Å². The van der Waals surface area contributed by atoms with E-state index in [9.17, 15) is 0 Å². The van der Waals surface area contributed by atoms with Crippen LogP contribution in [0.15, 0.2) is 91.8 Å². The number of aryl methyl sites for hydroxylation is 2. The van der Waals surface area contributed by atoms with Crippen LogP contribution in [0.2, 0.25) is 0 Å². The Hall–Kier alpha value is -3.06. The lowest BCUT2D eigenvalue weighted by atomic mass is 9.99. The Morgan fingerprint density at radius 2 is 1.56 bits per heavy atom. The van der Waals surface area contributed by atoms with Crippen molar-refractivity contribution in [3.63, 3.8) is 0 Å². The molecule has 1 heteroatoms. The molecule has 0 N–H and O–H groups in total. The molecule has 0 saturated heterocycles. The first-order valence-electron chi connectivity index (χ1n) is 8.49. The minimum absolute atomic E-state index is 1.10. The van der Waals surface area contributed by atoms with Crippen molar-refractivity contribution in [3.8, 4) is 11.1 Å². The second-order valence-electron chi connectivity index (χ2n) is 6.18. The summed E-state index contributed by atoms with van der Waals surface area (Å²) in [5.41, 5.74) is 7.29. The predicted molar refractivity (Wildman–Crippen MR) is 110 cm³/mol. The van der Waals surface area contributed by atoms with E-state index in [2.05, 4.69) is 81.1 Å². The van der Waals surface area contributed by atoms with Gasteiger partial charge in [-0.2, -0.15) is 0 Å². The molecule has 0 spiro atoms. The standard InChI is InChI=1S/C24H23N/c1-4-25(17-16-21-8-6-5-7-9-21)23-15-12-20(3)24(18-23)22-13-10-19(2)11-14-22/h4-18H,1H2,2-3H3. The highest BCUT2D eigenvalue weighted by Crippen LogP contribution is 2.29. The van der Waals surface area contributed by atoms with E-state index < -0.39 is 0 Å². The molecule has 0 unspecified atom stereocenters. The van der Waals surface area contributed by atoms with Gasteiger partial charge in [0.25, 0.3) is 0 Å². The van der Waals surface area contributed by atoms with Gasteiger partial charge in [-0.1, -0.05) is 72.8 Å². The summed E-state index contributed by atoms with van der Waals surface area (Å²) in [7, 11) is 0. The van der Waals surface area contributed by atoms with Gasteiger partial charge in [-0.05, 0) is 54.3 Å². The van der Waals surface area contributed by atoms with Crippen LogP contribution in [0, 0.1) is 13.8 Å². The third kappa shape index (κ3) is 4.07. The monoisotopic (exact) mass is 325 g/mol. The van der Waals surface area contributed by atoms with Gasteiger partial charge in [-0.15, -0.1) is 0 Å². The van der Waals surface area contributed by atoms with Crippen molar-refractivity contribution in [2.75, 3.05) is 4.90 Å². The van der Waals surface area contributed by atoms with Gasteiger partial charge < -0.3 is 4.90 Å². The molecule has 1 nitrogen and oxygen atoms in total. The summed E-state index contributed by atoms with van der Waals surface area (Å²) in [5.74, 6) is 0. The van der Waals surface area contributed by atoms with Crippen molar-refractivity contribution in [1.29, 1.82) is 0 Å². The summed E-state index contributed by atoms with van der Waals surface area (Å²) in [4.78, 5) is 2.05. The smallest absolute Gasteiger partial charge is 0.0455 e. The zero-order valence-electron chi connectivity index (χ0n) is 14.8. The molecule has 0 aromatic heterocycles. The minimum atomic E-state index is 1.10. The number of rotatable bonds is 5. The van der Waals surface area contributed by atoms with Gasteiger partial charge >= 0.3 is 0 Å². The maximum Gasteiger partial charge on any atom is 0.0455 e. The average Bonchev–Trinajstić information content (AvgIpc) is 2.65. The molecular weight excluding hydrogens is 302 g/mol. The first kappa shape index (κ1) is 16.8. The molecule has 0 heterocycles. The van der Waals surface area contributed by atoms with Crippen LogP contribution in [-0.2, 0) is 0 Å². The average molecular weight is 325 g/mol. The maximum atomic E-state index is 3.96. The summed E-state index contributed by atoms with van der Waals surface area (Å²) >= 11 is 0. The lowest BCUT2D eigenvalue weighted by Crippen LogP contribution is -2.06. The molecule has 0 aliphatic carbocycles. The van der Waals surface area contributed by atoms with Gasteiger partial charge in [0.2, 0.25) is 0 Å². The first-order valence-corrected chi connectivity index (χ1v) is 8.49. The van der Waals surface area contributed by atoms with Crippen molar-refractivity contribution in [3.05, 3.63) is 108 Å². The lowest BCUT2D eigenvalue weighted by Gasteiger charge is -2.18. The van der Waals surface area contributed by atoms with Crippen molar-refractivity contribution in [1.82, 2.24) is 0 Å². The molecule has 124 valence electrons. The van der Waals surface area contributed by atoms with E-state index >= 15 is 0 Å². The van der Waals surface area contributed by atoms with Crippen LogP contribution in [0.3, 0.4) is 0 Å². The Morgan fingerprint density at radius 3 is 2.24 bits per heavy atom. The summed E-state index contributed by atoms with van der Waals surface area (Å²) in [5, 5.41) is 0. The fourth-order valence-corrected chi connectivity index (χ4v) is 2.80. The van der Waals surface area contributed by atoms with Gasteiger partial charge in [0.1, 0.15) is 0 Å². The molecule has 25 heavy (non-hydrogen) atoms. The molecule has 3 aromatic rings. The number of anilines is 1. The third-order valence-electron chi connectivity index (χ3n) is 4.31. The fraction of sp³-hybridized carbons (Fsp3) is 0.0833. The summed E-state index contributed by atoms with van der Waals surface area (Å²) in [6, 6.07) is 25.5. The van der Waals surface area contributed by atoms with Crippen molar-refractivity contribution >= 4 is 11.8 Å². The van der Waals surface area contributed by atoms with E-state index in [4.69, 9.17) is 0 Å². The Balaban J connectivity index is 1.93. The molecule has 0 aliphatic rings. The molecule has 3 aromatic carbocycles. The van der Waals surface area contributed by atoms with Crippen LogP contribution in [0.5, 0.6) is 0 Å². The van der Waals surface area contributed by atoms with Crippen LogP contribution in [-0.4, -0.2) is 0 Å². The zero-order valence-corrected chi connectivity index (χ0v) is 14.8. The highest BCUT2D eigenvalue weighted by molar-refractivity contribution is 5.73. The maximum absolute atomic E-state index is 3.96. The molecular formula is C24H23N. The number of benzene rings is 3. The molecule has 0 aliphatic heterocycles. The Morgan fingerprint density at radius 1 is 0.840 bits per heavy atom. The Labute approximate surface area is 150 Å². The lowest BCUT2D eigenvalue weighted by molar-refractivity contribution is 1.29. The highest BCUT2D eigenvalue weighted by atomic mass is 15.1. The van der Waals surface area contributed by atoms with Crippen LogP contribution < -0.4 is 4.90 Å². The second-order valence-corrected chi connectivity index (χ2v) is 6.18. The van der Waals surface area contributed by atoms with Crippen molar-refractivity contribution < 1.29 is 0 Å². The van der Waals surface area contributed by atoms with E-state index in [1.54, 1.807) is 0 Å². The number of hydrogen-bond donors (Lipinski definition) is 0. The van der Waals surface area contributed by atoms with Gasteiger partial charge in [0, 0.05) is 18.1 Å². The quantitative estimate of drug-likeness (QED) is 0.511. The first-order chi connectivity index (χ1) is 12.2. The van der Waals surface area contributed by atoms with Crippen LogP contribution in [0.1, 0.15) is 16.7 Å². The normalized spacial score (nSPS) is 10.8. The fourth-order valence-electron chi connectivity index (χ4n) is 2.80. The topological polar surface area (TPSA) is 3.24 Å². The predicted octanol–water partition coefficient (Wildman–Crippen LogP) is 6.59. The minimum Gasteiger partial charge on any atom is -0.324 e. The van der Waals surface area contributed by atoms with Crippen molar-refractivity contribution in [2.24, 2.45) is 0 Å². The third-order valence-corrected chi connectivity index (χ3v) is 4.31.